The molecule has 0 unspecified atom stereocenters. The van der Waals surface area contributed by atoms with Crippen LogP contribution in [0.4, 0.5) is 0 Å². The average molecular weight is 292 g/mol. The minimum atomic E-state index is 0.834. The molecule has 0 radical (unpaired) electrons. The van der Waals surface area contributed by atoms with Gasteiger partial charge in [-0.15, -0.1) is 0 Å². The Bertz CT molecular complexity index is 499. The van der Waals surface area contributed by atoms with E-state index in [1.54, 1.807) is 0 Å². The van der Waals surface area contributed by atoms with E-state index in [0.717, 1.165) is 22.5 Å². The second kappa shape index (κ2) is 5.84. The van der Waals surface area contributed by atoms with Crippen LogP contribution in [0.2, 0.25) is 0 Å². The Labute approximate surface area is 110 Å². The Balaban J connectivity index is 2.15. The smallest absolute Gasteiger partial charge is 0.128 e. The third-order valence-corrected chi connectivity index (χ3v) is 2.80. The van der Waals surface area contributed by atoms with Crippen molar-refractivity contribution in [3.05, 3.63) is 58.6 Å². The van der Waals surface area contributed by atoms with Crippen molar-refractivity contribution >= 4 is 15.9 Å². The predicted octanol–water partition coefficient (Wildman–Crippen LogP) is 3.96. The lowest BCUT2D eigenvalue weighted by Gasteiger charge is -2.07. The second-order valence-electron chi connectivity index (χ2n) is 3.74. The van der Waals surface area contributed by atoms with Crippen molar-refractivity contribution < 1.29 is 4.74 Å². The predicted molar refractivity (Wildman–Crippen MR) is 73.4 cm³/mol. The lowest BCUT2D eigenvalue weighted by atomic mass is 10.2. The van der Waals surface area contributed by atoms with Crippen molar-refractivity contribution in [1.29, 1.82) is 0 Å². The molecule has 0 aromatic heterocycles. The van der Waals surface area contributed by atoms with Crippen LogP contribution in [0.15, 0.2) is 53.0 Å². The molecule has 2 rings (SSSR count). The van der Waals surface area contributed by atoms with Crippen LogP contribution in [0.3, 0.4) is 0 Å². The normalized spacial score (nSPS) is 10.2. The molecule has 2 nitrogen and oxygen atoms in total. The quantitative estimate of drug-likeness (QED) is 0.921. The van der Waals surface area contributed by atoms with Crippen LogP contribution in [0.1, 0.15) is 5.56 Å². The molecule has 0 aliphatic rings. The Morgan fingerprint density at radius 1 is 1.06 bits per heavy atom. The Morgan fingerprint density at radius 2 is 1.76 bits per heavy atom. The SMILES string of the molecule is CNCc1cccc(Oc2cccc(Br)c2)c1. The van der Waals surface area contributed by atoms with E-state index in [1.807, 2.05) is 49.5 Å². The summed E-state index contributed by atoms with van der Waals surface area (Å²) in [6.45, 7) is 0.843. The molecule has 1 N–H and O–H groups in total. The van der Waals surface area contributed by atoms with Gasteiger partial charge in [0.2, 0.25) is 0 Å². The fourth-order valence-electron chi connectivity index (χ4n) is 1.59. The Morgan fingerprint density at radius 3 is 2.47 bits per heavy atom. The molecule has 88 valence electrons. The maximum absolute atomic E-state index is 5.79. The number of hydrogen-bond acceptors (Lipinski definition) is 2. The minimum absolute atomic E-state index is 0.834. The monoisotopic (exact) mass is 291 g/mol. The van der Waals surface area contributed by atoms with Gasteiger partial charge in [-0.2, -0.15) is 0 Å². The standard InChI is InChI=1S/C14H14BrNO/c1-16-10-11-4-2-6-13(8-11)17-14-7-3-5-12(15)9-14/h2-9,16H,10H2,1H3. The summed E-state index contributed by atoms with van der Waals surface area (Å²) in [5, 5.41) is 3.12. The van der Waals surface area contributed by atoms with Crippen LogP contribution >= 0.6 is 15.9 Å². The van der Waals surface area contributed by atoms with Crippen LogP contribution in [-0.2, 0) is 6.54 Å². The highest BCUT2D eigenvalue weighted by Gasteiger charge is 1.99. The summed E-state index contributed by atoms with van der Waals surface area (Å²) in [6.07, 6.45) is 0. The summed E-state index contributed by atoms with van der Waals surface area (Å²) in [6, 6.07) is 15.9. The van der Waals surface area contributed by atoms with Gasteiger partial charge in [0.05, 0.1) is 0 Å². The van der Waals surface area contributed by atoms with Crippen LogP contribution < -0.4 is 10.1 Å². The highest BCUT2D eigenvalue weighted by molar-refractivity contribution is 9.10. The van der Waals surface area contributed by atoms with Gasteiger partial charge in [-0.3, -0.25) is 0 Å². The number of halogens is 1. The molecule has 0 saturated heterocycles. The van der Waals surface area contributed by atoms with Crippen LogP contribution in [0, 0.1) is 0 Å². The van der Waals surface area contributed by atoms with Gasteiger partial charge in [-0.05, 0) is 42.9 Å². The summed E-state index contributed by atoms with van der Waals surface area (Å²) in [5.74, 6) is 1.69. The van der Waals surface area contributed by atoms with Crippen molar-refractivity contribution in [2.45, 2.75) is 6.54 Å². The summed E-state index contributed by atoms with van der Waals surface area (Å²) in [7, 11) is 1.93. The molecule has 17 heavy (non-hydrogen) atoms. The summed E-state index contributed by atoms with van der Waals surface area (Å²) >= 11 is 3.42. The first-order valence-electron chi connectivity index (χ1n) is 5.45. The first kappa shape index (κ1) is 12.1. The van der Waals surface area contributed by atoms with Crippen LogP contribution in [-0.4, -0.2) is 7.05 Å². The molecule has 0 amide bonds. The largest absolute Gasteiger partial charge is 0.457 e. The number of ether oxygens (including phenoxy) is 1. The van der Waals surface area contributed by atoms with E-state index in [2.05, 4.69) is 27.3 Å². The van der Waals surface area contributed by atoms with Gasteiger partial charge in [0.25, 0.3) is 0 Å². The third kappa shape index (κ3) is 3.58. The maximum atomic E-state index is 5.79. The topological polar surface area (TPSA) is 21.3 Å². The van der Waals surface area contributed by atoms with Gasteiger partial charge >= 0.3 is 0 Å². The molecule has 2 aromatic carbocycles. The summed E-state index contributed by atoms with van der Waals surface area (Å²) in [5.41, 5.74) is 1.21. The molecule has 2 aromatic rings. The second-order valence-corrected chi connectivity index (χ2v) is 4.65. The van der Waals surface area contributed by atoms with Crippen molar-refractivity contribution in [3.8, 4) is 11.5 Å². The van der Waals surface area contributed by atoms with Crippen molar-refractivity contribution in [3.63, 3.8) is 0 Å². The van der Waals surface area contributed by atoms with Gasteiger partial charge in [0, 0.05) is 11.0 Å². The average Bonchev–Trinajstić information content (AvgIpc) is 2.30. The van der Waals surface area contributed by atoms with E-state index in [1.165, 1.54) is 5.56 Å². The third-order valence-electron chi connectivity index (χ3n) is 2.31. The molecule has 0 aliphatic heterocycles. The highest BCUT2D eigenvalue weighted by atomic mass is 79.9. The van der Waals surface area contributed by atoms with Crippen LogP contribution in [0.25, 0.3) is 0 Å². The maximum Gasteiger partial charge on any atom is 0.128 e. The summed E-state index contributed by atoms with van der Waals surface area (Å²) in [4.78, 5) is 0. The van der Waals surface area contributed by atoms with E-state index in [-0.39, 0.29) is 0 Å². The van der Waals surface area contributed by atoms with E-state index >= 15 is 0 Å². The van der Waals surface area contributed by atoms with E-state index < -0.39 is 0 Å². The molecular formula is C14H14BrNO. The fourth-order valence-corrected chi connectivity index (χ4v) is 1.97. The Hall–Kier alpha value is -1.32. The van der Waals surface area contributed by atoms with Gasteiger partial charge in [0.1, 0.15) is 11.5 Å². The first-order valence-corrected chi connectivity index (χ1v) is 6.24. The summed E-state index contributed by atoms with van der Waals surface area (Å²) < 4.78 is 6.80. The number of nitrogens with one attached hydrogen (secondary N) is 1. The fraction of sp³-hybridized carbons (Fsp3) is 0.143. The number of rotatable bonds is 4. The van der Waals surface area contributed by atoms with E-state index in [4.69, 9.17) is 4.74 Å². The molecule has 0 heterocycles. The number of benzene rings is 2. The highest BCUT2D eigenvalue weighted by Crippen LogP contribution is 2.24. The van der Waals surface area contributed by atoms with Gasteiger partial charge < -0.3 is 10.1 Å². The molecule has 0 saturated carbocycles. The molecule has 0 spiro atoms. The van der Waals surface area contributed by atoms with Gasteiger partial charge in [-0.25, -0.2) is 0 Å². The molecule has 0 aliphatic carbocycles. The lowest BCUT2D eigenvalue weighted by Crippen LogP contribution is -2.04. The van der Waals surface area contributed by atoms with E-state index in [0.29, 0.717) is 0 Å². The van der Waals surface area contributed by atoms with Crippen molar-refractivity contribution in [1.82, 2.24) is 5.32 Å². The zero-order chi connectivity index (χ0) is 12.1. The first-order chi connectivity index (χ1) is 8.28. The van der Waals surface area contributed by atoms with Gasteiger partial charge in [-0.1, -0.05) is 34.1 Å². The van der Waals surface area contributed by atoms with E-state index in [9.17, 15) is 0 Å². The molecule has 0 fully saturated rings. The zero-order valence-electron chi connectivity index (χ0n) is 9.61. The lowest BCUT2D eigenvalue weighted by molar-refractivity contribution is 0.481. The van der Waals surface area contributed by atoms with Gasteiger partial charge in [0.15, 0.2) is 0 Å². The van der Waals surface area contributed by atoms with Crippen molar-refractivity contribution in [2.24, 2.45) is 0 Å². The molecule has 0 bridgehead atoms. The zero-order valence-corrected chi connectivity index (χ0v) is 11.2. The number of hydrogen-bond donors (Lipinski definition) is 1. The molecular weight excluding hydrogens is 278 g/mol. The molecule has 0 atom stereocenters. The van der Waals surface area contributed by atoms with Crippen molar-refractivity contribution in [2.75, 3.05) is 7.05 Å². The van der Waals surface area contributed by atoms with Crippen LogP contribution in [0.5, 0.6) is 11.5 Å². The Kier molecular flexibility index (Phi) is 4.18. The minimum Gasteiger partial charge on any atom is -0.457 e. The molecule has 3 heteroatoms.